The first kappa shape index (κ1) is 18.3. The van der Waals surface area contributed by atoms with Gasteiger partial charge < -0.3 is 18.9 Å². The van der Waals surface area contributed by atoms with Gasteiger partial charge in [0, 0.05) is 13.1 Å². The standard InChI is InChI=1S/C17H30BNO4/c1-12(18-22-16(5,6)17(7,8)23-18)13-9-10-19(11-13)14(20)21-15(2,3)4/h13H,1,9-11H2,2-8H3. The van der Waals surface area contributed by atoms with Crippen molar-refractivity contribution in [2.45, 2.75) is 71.7 Å². The molecule has 1 amide bonds. The van der Waals surface area contributed by atoms with E-state index in [4.69, 9.17) is 14.0 Å². The van der Waals surface area contributed by atoms with Gasteiger partial charge in [0.2, 0.25) is 0 Å². The summed E-state index contributed by atoms with van der Waals surface area (Å²) in [7, 11) is -0.413. The van der Waals surface area contributed by atoms with Crippen LogP contribution < -0.4 is 0 Å². The van der Waals surface area contributed by atoms with E-state index in [1.165, 1.54) is 0 Å². The summed E-state index contributed by atoms with van der Waals surface area (Å²) in [6, 6.07) is 0. The summed E-state index contributed by atoms with van der Waals surface area (Å²) in [5.41, 5.74) is -0.304. The molecule has 0 aromatic rings. The summed E-state index contributed by atoms with van der Waals surface area (Å²) in [6.07, 6.45) is 0.601. The zero-order valence-electron chi connectivity index (χ0n) is 15.6. The van der Waals surface area contributed by atoms with E-state index < -0.39 is 12.7 Å². The van der Waals surface area contributed by atoms with E-state index in [0.29, 0.717) is 13.1 Å². The highest BCUT2D eigenvalue weighted by atomic mass is 16.7. The number of carbonyl (C=O) groups is 1. The monoisotopic (exact) mass is 323 g/mol. The van der Waals surface area contributed by atoms with Crippen molar-refractivity contribution in [1.82, 2.24) is 4.90 Å². The third-order valence-corrected chi connectivity index (χ3v) is 4.92. The van der Waals surface area contributed by atoms with Crippen LogP contribution in [0.2, 0.25) is 0 Å². The molecule has 2 aliphatic heterocycles. The highest BCUT2D eigenvalue weighted by Gasteiger charge is 2.53. The smallest absolute Gasteiger partial charge is 0.444 e. The van der Waals surface area contributed by atoms with Crippen molar-refractivity contribution in [2.24, 2.45) is 5.92 Å². The zero-order valence-corrected chi connectivity index (χ0v) is 15.6. The molecule has 0 saturated carbocycles. The molecule has 0 bridgehead atoms. The van der Waals surface area contributed by atoms with Crippen molar-refractivity contribution in [3.63, 3.8) is 0 Å². The maximum atomic E-state index is 12.2. The molecule has 5 nitrogen and oxygen atoms in total. The summed E-state index contributed by atoms with van der Waals surface area (Å²) in [5, 5.41) is 0. The van der Waals surface area contributed by atoms with E-state index in [2.05, 4.69) is 6.58 Å². The maximum Gasteiger partial charge on any atom is 0.490 e. The Hall–Kier alpha value is -1.01. The fourth-order valence-corrected chi connectivity index (χ4v) is 2.74. The van der Waals surface area contributed by atoms with Gasteiger partial charge in [0.25, 0.3) is 0 Å². The van der Waals surface area contributed by atoms with Gasteiger partial charge in [-0.1, -0.05) is 0 Å². The lowest BCUT2D eigenvalue weighted by Crippen LogP contribution is -2.41. The largest absolute Gasteiger partial charge is 0.490 e. The van der Waals surface area contributed by atoms with Crippen LogP contribution in [0.5, 0.6) is 0 Å². The molecule has 0 aromatic heterocycles. The lowest BCUT2D eigenvalue weighted by atomic mass is 9.71. The SMILES string of the molecule is C=C(B1OC(C)(C)C(C)(C)O1)C1CCN(C(=O)OC(C)(C)C)C1. The number of amides is 1. The molecule has 1 unspecified atom stereocenters. The predicted molar refractivity (Wildman–Crippen MR) is 91.1 cm³/mol. The van der Waals surface area contributed by atoms with E-state index in [0.717, 1.165) is 11.9 Å². The highest BCUT2D eigenvalue weighted by Crippen LogP contribution is 2.40. The van der Waals surface area contributed by atoms with Crippen LogP contribution in [0.1, 0.15) is 54.9 Å². The quantitative estimate of drug-likeness (QED) is 0.731. The molecule has 23 heavy (non-hydrogen) atoms. The number of nitrogens with zero attached hydrogens (tertiary/aromatic N) is 1. The molecular formula is C17H30BNO4. The van der Waals surface area contributed by atoms with Gasteiger partial charge in [0.05, 0.1) is 11.2 Å². The van der Waals surface area contributed by atoms with Crippen molar-refractivity contribution in [3.8, 4) is 0 Å². The van der Waals surface area contributed by atoms with E-state index in [-0.39, 0.29) is 23.2 Å². The van der Waals surface area contributed by atoms with Crippen LogP contribution in [0.25, 0.3) is 0 Å². The number of ether oxygens (including phenoxy) is 1. The van der Waals surface area contributed by atoms with Crippen molar-refractivity contribution in [1.29, 1.82) is 0 Å². The third-order valence-electron chi connectivity index (χ3n) is 4.92. The van der Waals surface area contributed by atoms with Gasteiger partial charge >= 0.3 is 13.2 Å². The Labute approximate surface area is 140 Å². The molecule has 0 N–H and O–H groups in total. The Balaban J connectivity index is 1.95. The predicted octanol–water partition coefficient (Wildman–Crippen LogP) is 3.43. The molecule has 6 heteroatoms. The van der Waals surface area contributed by atoms with Gasteiger partial charge in [-0.05, 0) is 66.3 Å². The minimum absolute atomic E-state index is 0.178. The summed E-state index contributed by atoms with van der Waals surface area (Å²) in [6.45, 7) is 19.2. The van der Waals surface area contributed by atoms with E-state index in [9.17, 15) is 4.79 Å². The molecule has 0 aliphatic carbocycles. The van der Waals surface area contributed by atoms with Crippen molar-refractivity contribution in [2.75, 3.05) is 13.1 Å². The van der Waals surface area contributed by atoms with Gasteiger partial charge in [-0.3, -0.25) is 0 Å². The van der Waals surface area contributed by atoms with Crippen molar-refractivity contribution >= 4 is 13.2 Å². The summed E-state index contributed by atoms with van der Waals surface area (Å²) in [5.74, 6) is 0.178. The van der Waals surface area contributed by atoms with Gasteiger partial charge in [0.1, 0.15) is 5.60 Å². The first-order chi connectivity index (χ1) is 10.3. The van der Waals surface area contributed by atoms with Crippen LogP contribution in [-0.2, 0) is 14.0 Å². The van der Waals surface area contributed by atoms with Crippen LogP contribution >= 0.6 is 0 Å². The number of hydrogen-bond acceptors (Lipinski definition) is 4. The Morgan fingerprint density at radius 1 is 1.22 bits per heavy atom. The number of hydrogen-bond donors (Lipinski definition) is 0. The van der Waals surface area contributed by atoms with Crippen LogP contribution in [0.15, 0.2) is 12.1 Å². The first-order valence-electron chi connectivity index (χ1n) is 8.35. The van der Waals surface area contributed by atoms with Gasteiger partial charge in [0.15, 0.2) is 0 Å². The van der Waals surface area contributed by atoms with Crippen molar-refractivity contribution in [3.05, 3.63) is 12.1 Å². The molecule has 0 spiro atoms. The molecule has 2 fully saturated rings. The minimum Gasteiger partial charge on any atom is -0.444 e. The van der Waals surface area contributed by atoms with Gasteiger partial charge in [-0.25, -0.2) is 4.79 Å². The molecule has 0 aromatic carbocycles. The zero-order chi connectivity index (χ0) is 17.6. The van der Waals surface area contributed by atoms with E-state index in [1.807, 2.05) is 48.5 Å². The maximum absolute atomic E-state index is 12.2. The Bertz CT molecular complexity index is 479. The van der Waals surface area contributed by atoms with Gasteiger partial charge in [-0.15, -0.1) is 6.58 Å². The fourth-order valence-electron chi connectivity index (χ4n) is 2.74. The number of rotatable bonds is 2. The second kappa shape index (κ2) is 5.81. The second-order valence-electron chi connectivity index (χ2n) is 8.58. The van der Waals surface area contributed by atoms with Crippen LogP contribution in [-0.4, -0.2) is 48.0 Å². The van der Waals surface area contributed by atoms with Crippen LogP contribution in [0.4, 0.5) is 4.79 Å². The molecule has 2 rings (SSSR count). The average Bonchev–Trinajstić information content (AvgIpc) is 2.90. The summed E-state index contributed by atoms with van der Waals surface area (Å²) in [4.78, 5) is 13.9. The molecular weight excluding hydrogens is 293 g/mol. The highest BCUT2D eigenvalue weighted by molar-refractivity contribution is 6.54. The average molecular weight is 323 g/mol. The third kappa shape index (κ3) is 3.91. The van der Waals surface area contributed by atoms with Gasteiger partial charge in [-0.2, -0.15) is 0 Å². The molecule has 2 heterocycles. The first-order valence-corrected chi connectivity index (χ1v) is 8.35. The van der Waals surface area contributed by atoms with Crippen LogP contribution in [0.3, 0.4) is 0 Å². The molecule has 2 saturated heterocycles. The minimum atomic E-state index is -0.474. The molecule has 2 aliphatic rings. The Morgan fingerprint density at radius 3 is 2.22 bits per heavy atom. The van der Waals surface area contributed by atoms with Crippen molar-refractivity contribution < 1.29 is 18.8 Å². The Morgan fingerprint density at radius 2 is 1.74 bits per heavy atom. The number of likely N-dealkylation sites (tertiary alicyclic amines) is 1. The van der Waals surface area contributed by atoms with Crippen LogP contribution in [0, 0.1) is 5.92 Å². The number of carbonyl (C=O) groups excluding carboxylic acids is 1. The molecule has 130 valence electrons. The molecule has 1 atom stereocenters. The molecule has 0 radical (unpaired) electrons. The summed E-state index contributed by atoms with van der Waals surface area (Å²) < 4.78 is 17.6. The lowest BCUT2D eigenvalue weighted by Gasteiger charge is -2.32. The second-order valence-corrected chi connectivity index (χ2v) is 8.58. The van der Waals surface area contributed by atoms with E-state index >= 15 is 0 Å². The van der Waals surface area contributed by atoms with E-state index in [1.54, 1.807) is 4.90 Å². The summed E-state index contributed by atoms with van der Waals surface area (Å²) >= 11 is 0. The fraction of sp³-hybridized carbons (Fsp3) is 0.824. The normalized spacial score (nSPS) is 26.5. The lowest BCUT2D eigenvalue weighted by molar-refractivity contribution is 0.00578. The Kier molecular flexibility index (Phi) is 4.64. The topological polar surface area (TPSA) is 48.0 Å².